The van der Waals surface area contributed by atoms with Crippen molar-refractivity contribution < 1.29 is 14.3 Å². The van der Waals surface area contributed by atoms with Gasteiger partial charge in [-0.05, 0) is 59.5 Å². The average molecular weight is 431 g/mol. The first-order valence-corrected chi connectivity index (χ1v) is 9.52. The zero-order valence-corrected chi connectivity index (χ0v) is 17.5. The summed E-state index contributed by atoms with van der Waals surface area (Å²) in [4.78, 5) is 16.1. The van der Waals surface area contributed by atoms with Crippen molar-refractivity contribution in [3.05, 3.63) is 57.2 Å². The number of methoxy groups -OCH3 is 2. The maximum absolute atomic E-state index is 12.6. The molecule has 0 aliphatic rings. The predicted molar refractivity (Wildman–Crippen MR) is 111 cm³/mol. The molecular weight excluding hydrogens is 408 g/mol. The quantitative estimate of drug-likeness (QED) is 0.603. The molecule has 0 saturated carbocycles. The number of carbonyl (C=O) groups excluding carboxylic acids is 1. The second-order valence-electron chi connectivity index (χ2n) is 6.42. The molecule has 2 N–H and O–H groups in total. The summed E-state index contributed by atoms with van der Waals surface area (Å²) in [5, 5.41) is 4.21. The Morgan fingerprint density at radius 1 is 1.15 bits per heavy atom. The van der Waals surface area contributed by atoms with E-state index in [2.05, 4.69) is 58.3 Å². The number of rotatable bonds is 6. The molecule has 3 aromatic rings. The van der Waals surface area contributed by atoms with Gasteiger partial charge >= 0.3 is 0 Å². The van der Waals surface area contributed by atoms with Gasteiger partial charge in [-0.25, -0.2) is 0 Å². The molecule has 0 bridgehead atoms. The number of fused-ring (bicyclic) bond motifs is 1. The number of hydrogen-bond acceptors (Lipinski definition) is 3. The van der Waals surface area contributed by atoms with Crippen molar-refractivity contribution in [1.29, 1.82) is 0 Å². The standard InChI is InChI=1S/C21H23BrN2O3/c1-12-6-5-7-15-14(13(2)24-20(12)15)8-9-23-21(25)16-10-18(26-3)19(27-4)11-17(16)22/h5-7,10-11,24H,8-9H2,1-4H3,(H,23,25). The lowest BCUT2D eigenvalue weighted by Gasteiger charge is -2.12. The molecule has 0 aliphatic carbocycles. The fraction of sp³-hybridized carbons (Fsp3) is 0.286. The SMILES string of the molecule is COc1cc(Br)c(C(=O)NCCc2c(C)[nH]c3c(C)cccc23)cc1OC. The smallest absolute Gasteiger partial charge is 0.252 e. The third-order valence-corrected chi connectivity index (χ3v) is 5.40. The van der Waals surface area contributed by atoms with Crippen LogP contribution in [0.3, 0.4) is 0 Å². The lowest BCUT2D eigenvalue weighted by Crippen LogP contribution is -2.26. The fourth-order valence-corrected chi connectivity index (χ4v) is 3.80. The Labute approximate surface area is 167 Å². The van der Waals surface area contributed by atoms with Crippen molar-refractivity contribution in [1.82, 2.24) is 10.3 Å². The monoisotopic (exact) mass is 430 g/mol. The number of aryl methyl sites for hydroxylation is 2. The molecule has 0 unspecified atom stereocenters. The van der Waals surface area contributed by atoms with Crippen molar-refractivity contribution in [2.45, 2.75) is 20.3 Å². The van der Waals surface area contributed by atoms with E-state index in [-0.39, 0.29) is 5.91 Å². The van der Waals surface area contributed by atoms with Crippen LogP contribution in [0.4, 0.5) is 0 Å². The Balaban J connectivity index is 1.74. The van der Waals surface area contributed by atoms with Gasteiger partial charge in [0.05, 0.1) is 19.8 Å². The topological polar surface area (TPSA) is 63.3 Å². The third-order valence-electron chi connectivity index (χ3n) is 4.74. The molecular formula is C21H23BrN2O3. The van der Waals surface area contributed by atoms with Crippen molar-refractivity contribution in [3.63, 3.8) is 0 Å². The molecule has 1 heterocycles. The summed E-state index contributed by atoms with van der Waals surface area (Å²) >= 11 is 3.43. The number of carbonyl (C=O) groups is 1. The van der Waals surface area contributed by atoms with Gasteiger partial charge in [0.25, 0.3) is 5.91 Å². The second kappa shape index (κ2) is 8.05. The largest absolute Gasteiger partial charge is 0.493 e. The normalized spacial score (nSPS) is 10.9. The van der Waals surface area contributed by atoms with Crippen LogP contribution in [0.25, 0.3) is 10.9 Å². The van der Waals surface area contributed by atoms with Crippen LogP contribution in [-0.4, -0.2) is 31.7 Å². The minimum atomic E-state index is -0.156. The number of halogens is 1. The fourth-order valence-electron chi connectivity index (χ4n) is 3.30. The number of aromatic amines is 1. The van der Waals surface area contributed by atoms with Crippen LogP contribution >= 0.6 is 15.9 Å². The van der Waals surface area contributed by atoms with E-state index < -0.39 is 0 Å². The Morgan fingerprint density at radius 2 is 1.85 bits per heavy atom. The Kier molecular flexibility index (Phi) is 5.75. The van der Waals surface area contributed by atoms with E-state index in [1.807, 2.05) is 0 Å². The van der Waals surface area contributed by atoms with Gasteiger partial charge in [-0.2, -0.15) is 0 Å². The van der Waals surface area contributed by atoms with Gasteiger partial charge in [0.2, 0.25) is 0 Å². The number of para-hydroxylation sites is 1. The molecule has 0 fully saturated rings. The number of hydrogen-bond donors (Lipinski definition) is 2. The van der Waals surface area contributed by atoms with Gasteiger partial charge in [-0.3, -0.25) is 4.79 Å². The van der Waals surface area contributed by atoms with Gasteiger partial charge < -0.3 is 19.8 Å². The van der Waals surface area contributed by atoms with E-state index in [9.17, 15) is 4.79 Å². The minimum Gasteiger partial charge on any atom is -0.493 e. The maximum Gasteiger partial charge on any atom is 0.252 e. The number of nitrogens with one attached hydrogen (secondary N) is 2. The molecule has 5 nitrogen and oxygen atoms in total. The number of ether oxygens (including phenoxy) is 2. The van der Waals surface area contributed by atoms with Crippen LogP contribution in [0.15, 0.2) is 34.8 Å². The van der Waals surface area contributed by atoms with Crippen LogP contribution in [0.5, 0.6) is 11.5 Å². The molecule has 0 spiro atoms. The van der Waals surface area contributed by atoms with Crippen molar-refractivity contribution in [2.24, 2.45) is 0 Å². The van der Waals surface area contributed by atoms with Crippen LogP contribution in [0.2, 0.25) is 0 Å². The highest BCUT2D eigenvalue weighted by atomic mass is 79.9. The van der Waals surface area contributed by atoms with Gasteiger partial charge in [0.15, 0.2) is 11.5 Å². The first-order valence-electron chi connectivity index (χ1n) is 8.72. The first-order chi connectivity index (χ1) is 13.0. The molecule has 0 radical (unpaired) electrons. The van der Waals surface area contributed by atoms with E-state index in [1.54, 1.807) is 26.4 Å². The summed E-state index contributed by atoms with van der Waals surface area (Å²) in [5.41, 5.74) is 5.28. The zero-order valence-electron chi connectivity index (χ0n) is 15.9. The summed E-state index contributed by atoms with van der Waals surface area (Å²) in [5.74, 6) is 0.941. The van der Waals surface area contributed by atoms with Gasteiger partial charge in [-0.1, -0.05) is 18.2 Å². The number of aromatic nitrogens is 1. The van der Waals surface area contributed by atoms with Crippen LogP contribution in [-0.2, 0) is 6.42 Å². The van der Waals surface area contributed by atoms with Crippen LogP contribution in [0, 0.1) is 13.8 Å². The van der Waals surface area contributed by atoms with E-state index >= 15 is 0 Å². The van der Waals surface area contributed by atoms with E-state index in [4.69, 9.17) is 9.47 Å². The highest BCUT2D eigenvalue weighted by Gasteiger charge is 2.16. The van der Waals surface area contributed by atoms with Crippen molar-refractivity contribution in [3.8, 4) is 11.5 Å². The molecule has 2 aromatic carbocycles. The number of H-pyrrole nitrogens is 1. The van der Waals surface area contributed by atoms with E-state index in [1.165, 1.54) is 22.0 Å². The molecule has 0 saturated heterocycles. The molecule has 0 atom stereocenters. The summed E-state index contributed by atoms with van der Waals surface area (Å²) in [6.45, 7) is 4.71. The van der Waals surface area contributed by atoms with Gasteiger partial charge in [-0.15, -0.1) is 0 Å². The molecule has 27 heavy (non-hydrogen) atoms. The molecule has 1 amide bonds. The molecule has 1 aromatic heterocycles. The predicted octanol–water partition coefficient (Wildman–Crippen LogP) is 4.54. The number of benzene rings is 2. The summed E-state index contributed by atoms with van der Waals surface area (Å²) in [6, 6.07) is 9.69. The third kappa shape index (κ3) is 3.81. The summed E-state index contributed by atoms with van der Waals surface area (Å²) < 4.78 is 11.2. The van der Waals surface area contributed by atoms with Crippen LogP contribution < -0.4 is 14.8 Å². The lowest BCUT2D eigenvalue weighted by molar-refractivity contribution is 0.0953. The number of amides is 1. The van der Waals surface area contributed by atoms with E-state index in [0.717, 1.165) is 12.1 Å². The van der Waals surface area contributed by atoms with Gasteiger partial charge in [0.1, 0.15) is 0 Å². The zero-order chi connectivity index (χ0) is 19.6. The van der Waals surface area contributed by atoms with Gasteiger partial charge in [0, 0.05) is 27.6 Å². The van der Waals surface area contributed by atoms with Crippen LogP contribution in [0.1, 0.15) is 27.2 Å². The van der Waals surface area contributed by atoms with E-state index in [0.29, 0.717) is 28.1 Å². The van der Waals surface area contributed by atoms with Crippen molar-refractivity contribution >= 4 is 32.7 Å². The summed E-state index contributed by atoms with van der Waals surface area (Å²) in [7, 11) is 3.12. The Morgan fingerprint density at radius 3 is 2.56 bits per heavy atom. The molecule has 0 aliphatic heterocycles. The molecule has 6 heteroatoms. The average Bonchev–Trinajstić information content (AvgIpc) is 2.98. The van der Waals surface area contributed by atoms with Crippen molar-refractivity contribution in [2.75, 3.05) is 20.8 Å². The second-order valence-corrected chi connectivity index (χ2v) is 7.27. The lowest BCUT2D eigenvalue weighted by atomic mass is 10.1. The highest BCUT2D eigenvalue weighted by Crippen LogP contribution is 2.33. The maximum atomic E-state index is 12.6. The summed E-state index contributed by atoms with van der Waals surface area (Å²) in [6.07, 6.45) is 0.756. The highest BCUT2D eigenvalue weighted by molar-refractivity contribution is 9.10. The molecule has 142 valence electrons. The Bertz CT molecular complexity index is 995. The molecule has 3 rings (SSSR count). The Hall–Kier alpha value is -2.47. The first kappa shape index (κ1) is 19.3. The minimum absolute atomic E-state index is 0.156.